The molecule has 0 aromatic carbocycles. The van der Waals surface area contributed by atoms with Crippen molar-refractivity contribution in [3.63, 3.8) is 0 Å². The quantitative estimate of drug-likeness (QED) is 0.727. The van der Waals surface area contributed by atoms with E-state index in [0.29, 0.717) is 0 Å². The topological polar surface area (TPSA) is 92.3 Å². The van der Waals surface area contributed by atoms with Crippen LogP contribution in [0.4, 0.5) is 0 Å². The van der Waals surface area contributed by atoms with Crippen LogP contribution in [0.3, 0.4) is 0 Å². The van der Waals surface area contributed by atoms with E-state index in [1.54, 1.807) is 13.8 Å². The largest absolute Gasteiger partial charge is 0.250 e. The third kappa shape index (κ3) is 5.12. The van der Waals surface area contributed by atoms with Crippen LogP contribution in [0.15, 0.2) is 14.1 Å². The van der Waals surface area contributed by atoms with Crippen molar-refractivity contribution in [3.05, 3.63) is 15.4 Å². The van der Waals surface area contributed by atoms with Gasteiger partial charge in [-0.25, -0.2) is 26.3 Å². The summed E-state index contributed by atoms with van der Waals surface area (Å²) >= 11 is 4.34. The maximum Gasteiger partial charge on any atom is 0.250 e. The predicted octanol–water partition coefficient (Wildman–Crippen LogP) is 1.04. The number of hydrogen-bond acceptors (Lipinski definition) is 5. The monoisotopic (exact) mass is 390 g/mol. The van der Waals surface area contributed by atoms with Crippen molar-refractivity contribution in [2.24, 2.45) is 0 Å². The Balaban J connectivity index is 2.67. The molecule has 0 spiro atoms. The van der Waals surface area contributed by atoms with Crippen molar-refractivity contribution in [1.82, 2.24) is 9.44 Å². The minimum Gasteiger partial charge on any atom is -0.215 e. The van der Waals surface area contributed by atoms with Crippen molar-refractivity contribution in [3.8, 4) is 0 Å². The van der Waals surface area contributed by atoms with Gasteiger partial charge in [-0.1, -0.05) is 6.92 Å². The zero-order valence-corrected chi connectivity index (χ0v) is 14.5. The first-order valence-electron chi connectivity index (χ1n) is 5.41. The fraction of sp³-hybridized carbons (Fsp3) is 0.556. The Hall–Kier alpha value is -0.0000000000000000833. The average Bonchev–Trinajstić information content (AvgIpc) is 2.59. The van der Waals surface area contributed by atoms with Crippen molar-refractivity contribution in [2.45, 2.75) is 18.1 Å². The van der Waals surface area contributed by atoms with Gasteiger partial charge in [0.05, 0.1) is 9.54 Å². The Morgan fingerprint density at radius 1 is 1.26 bits per heavy atom. The molecule has 0 saturated heterocycles. The molecular weight excluding hydrogens is 376 g/mol. The van der Waals surface area contributed by atoms with E-state index in [-0.39, 0.29) is 23.1 Å². The summed E-state index contributed by atoms with van der Waals surface area (Å²) in [6, 6.07) is 1.54. The normalized spacial score (nSPS) is 12.8. The zero-order chi connectivity index (χ0) is 14.7. The first kappa shape index (κ1) is 17.1. The van der Waals surface area contributed by atoms with Crippen LogP contribution < -0.4 is 9.44 Å². The van der Waals surface area contributed by atoms with Crippen LogP contribution in [0.5, 0.6) is 0 Å². The molecule has 2 N–H and O–H groups in total. The molecule has 19 heavy (non-hydrogen) atoms. The molecule has 0 amide bonds. The summed E-state index contributed by atoms with van der Waals surface area (Å²) in [4.78, 5) is 0. The summed E-state index contributed by atoms with van der Waals surface area (Å²) in [5.41, 5.74) is 0.825. The Bertz CT molecular complexity index is 617. The lowest BCUT2D eigenvalue weighted by molar-refractivity contribution is 0.577. The molecule has 1 heterocycles. The lowest BCUT2D eigenvalue weighted by Gasteiger charge is -2.06. The summed E-state index contributed by atoms with van der Waals surface area (Å²) in [6.45, 7) is 3.57. The number of nitrogens with one attached hydrogen (secondary N) is 2. The van der Waals surface area contributed by atoms with E-state index in [0.717, 1.165) is 20.7 Å². The van der Waals surface area contributed by atoms with Gasteiger partial charge in [0.15, 0.2) is 0 Å². The van der Waals surface area contributed by atoms with Crippen LogP contribution in [-0.2, 0) is 20.0 Å². The minimum atomic E-state index is -3.65. The SMILES string of the molecule is CCNS(=O)(=O)CCNS(=O)(=O)c1cc(C)c(Br)s1. The fourth-order valence-corrected chi connectivity index (χ4v) is 5.62. The molecule has 0 fully saturated rings. The molecule has 0 atom stereocenters. The zero-order valence-electron chi connectivity index (χ0n) is 10.4. The maximum absolute atomic E-state index is 11.9. The number of sulfonamides is 2. The Morgan fingerprint density at radius 2 is 1.89 bits per heavy atom. The van der Waals surface area contributed by atoms with E-state index >= 15 is 0 Å². The second-order valence-corrected chi connectivity index (χ2v) is 10.0. The molecule has 10 heteroatoms. The number of aryl methyl sites for hydroxylation is 1. The molecule has 0 aliphatic carbocycles. The van der Waals surface area contributed by atoms with Crippen molar-refractivity contribution >= 4 is 47.3 Å². The lowest BCUT2D eigenvalue weighted by Crippen LogP contribution is -2.34. The standard InChI is InChI=1S/C9H15BrN2O4S3/c1-3-11-18(13,14)5-4-12-19(15,16)8-6-7(2)9(10)17-8/h6,11-12H,3-5H2,1-2H3. The number of hydrogen-bond donors (Lipinski definition) is 2. The van der Waals surface area contributed by atoms with E-state index in [1.807, 2.05) is 0 Å². The van der Waals surface area contributed by atoms with Crippen LogP contribution >= 0.6 is 27.3 Å². The number of halogens is 1. The van der Waals surface area contributed by atoms with E-state index in [4.69, 9.17) is 0 Å². The van der Waals surface area contributed by atoms with E-state index in [1.165, 1.54) is 6.07 Å². The molecule has 1 aromatic heterocycles. The van der Waals surface area contributed by atoms with Crippen molar-refractivity contribution in [2.75, 3.05) is 18.8 Å². The van der Waals surface area contributed by atoms with Gasteiger partial charge in [-0.05, 0) is 34.5 Å². The van der Waals surface area contributed by atoms with Gasteiger partial charge in [-0.2, -0.15) is 0 Å². The predicted molar refractivity (Wildman–Crippen MR) is 79.4 cm³/mol. The van der Waals surface area contributed by atoms with Gasteiger partial charge in [-0.15, -0.1) is 11.3 Å². The highest BCUT2D eigenvalue weighted by atomic mass is 79.9. The average molecular weight is 391 g/mol. The Kier molecular flexibility index (Phi) is 5.96. The summed E-state index contributed by atoms with van der Waals surface area (Å²) in [7, 11) is -7.08. The first-order chi connectivity index (χ1) is 8.68. The van der Waals surface area contributed by atoms with Crippen LogP contribution in [0, 0.1) is 6.92 Å². The second kappa shape index (κ2) is 6.64. The highest BCUT2D eigenvalue weighted by Gasteiger charge is 2.19. The van der Waals surface area contributed by atoms with Gasteiger partial charge in [0, 0.05) is 13.1 Å². The number of thiophene rings is 1. The molecule has 0 bridgehead atoms. The van der Waals surface area contributed by atoms with Crippen LogP contribution in [0.2, 0.25) is 0 Å². The van der Waals surface area contributed by atoms with Crippen LogP contribution in [-0.4, -0.2) is 35.7 Å². The van der Waals surface area contributed by atoms with E-state index < -0.39 is 20.0 Å². The van der Waals surface area contributed by atoms with Gasteiger partial charge in [-0.3, -0.25) is 0 Å². The molecule has 110 valence electrons. The van der Waals surface area contributed by atoms with Crippen molar-refractivity contribution in [1.29, 1.82) is 0 Å². The first-order valence-corrected chi connectivity index (χ1v) is 10.2. The highest BCUT2D eigenvalue weighted by Crippen LogP contribution is 2.30. The van der Waals surface area contributed by atoms with Gasteiger partial charge >= 0.3 is 0 Å². The summed E-state index contributed by atoms with van der Waals surface area (Å²) in [5, 5.41) is 0. The van der Waals surface area contributed by atoms with E-state index in [2.05, 4.69) is 25.4 Å². The molecular formula is C9H15BrN2O4S3. The van der Waals surface area contributed by atoms with Gasteiger partial charge in [0.25, 0.3) is 0 Å². The van der Waals surface area contributed by atoms with Gasteiger partial charge < -0.3 is 0 Å². The Morgan fingerprint density at radius 3 is 2.37 bits per heavy atom. The third-order valence-corrected chi connectivity index (χ3v) is 7.67. The molecule has 0 saturated carbocycles. The summed E-state index contributed by atoms with van der Waals surface area (Å²) < 4.78 is 52.0. The summed E-state index contributed by atoms with van der Waals surface area (Å²) in [5.74, 6) is -0.286. The highest BCUT2D eigenvalue weighted by molar-refractivity contribution is 9.11. The number of rotatable bonds is 7. The van der Waals surface area contributed by atoms with Gasteiger partial charge in [0.1, 0.15) is 4.21 Å². The Labute approximate surface area is 125 Å². The van der Waals surface area contributed by atoms with Crippen molar-refractivity contribution < 1.29 is 16.8 Å². The molecule has 6 nitrogen and oxygen atoms in total. The maximum atomic E-state index is 11.9. The van der Waals surface area contributed by atoms with Gasteiger partial charge in [0.2, 0.25) is 20.0 Å². The molecule has 0 aliphatic heterocycles. The van der Waals surface area contributed by atoms with Crippen LogP contribution in [0.1, 0.15) is 12.5 Å². The smallest absolute Gasteiger partial charge is 0.215 e. The fourth-order valence-electron chi connectivity index (χ4n) is 1.24. The molecule has 0 radical (unpaired) electrons. The van der Waals surface area contributed by atoms with Crippen LogP contribution in [0.25, 0.3) is 0 Å². The molecule has 1 rings (SSSR count). The minimum absolute atomic E-state index is 0.160. The lowest BCUT2D eigenvalue weighted by atomic mass is 10.4. The summed E-state index contributed by atoms with van der Waals surface area (Å²) in [6.07, 6.45) is 0. The third-order valence-electron chi connectivity index (χ3n) is 2.13. The molecule has 1 aromatic rings. The van der Waals surface area contributed by atoms with E-state index in [9.17, 15) is 16.8 Å². The molecule has 0 unspecified atom stereocenters. The second-order valence-electron chi connectivity index (χ2n) is 3.74. The molecule has 0 aliphatic rings.